The highest BCUT2D eigenvalue weighted by atomic mass is 16.3. The van der Waals surface area contributed by atoms with E-state index >= 15 is 0 Å². The zero-order valence-electron chi connectivity index (χ0n) is 7.63. The molecule has 0 atom stereocenters. The van der Waals surface area contributed by atoms with Crippen molar-refractivity contribution in [2.45, 2.75) is 20.8 Å². The van der Waals surface area contributed by atoms with Crippen LogP contribution in [0.15, 0.2) is 17.1 Å². The number of aryl methyl sites for hydroxylation is 1. The number of rotatable bonds is 1. The molecule has 0 aliphatic rings. The second-order valence-electron chi connectivity index (χ2n) is 2.79. The molecule has 0 aromatic heterocycles. The molecule has 2 heteroatoms. The number of benzene rings is 1. The summed E-state index contributed by atoms with van der Waals surface area (Å²) in [6.07, 6.45) is 1.71. The van der Waals surface area contributed by atoms with Crippen LogP contribution in [0.2, 0.25) is 0 Å². The Morgan fingerprint density at radius 2 is 2.00 bits per heavy atom. The molecule has 0 spiro atoms. The van der Waals surface area contributed by atoms with Gasteiger partial charge in [0, 0.05) is 12.3 Å². The van der Waals surface area contributed by atoms with Crippen molar-refractivity contribution >= 4 is 11.9 Å². The Morgan fingerprint density at radius 3 is 2.50 bits per heavy atom. The number of hydrogen-bond donors (Lipinski definition) is 1. The van der Waals surface area contributed by atoms with Crippen LogP contribution in [0.3, 0.4) is 0 Å². The van der Waals surface area contributed by atoms with E-state index in [2.05, 4.69) is 4.99 Å². The highest BCUT2D eigenvalue weighted by molar-refractivity contribution is 5.62. The summed E-state index contributed by atoms with van der Waals surface area (Å²) in [5.41, 5.74) is 2.79. The first-order valence-electron chi connectivity index (χ1n) is 3.94. The molecular formula is C10H13NO. The van der Waals surface area contributed by atoms with Crippen LogP contribution in [0, 0.1) is 13.8 Å². The van der Waals surface area contributed by atoms with Gasteiger partial charge in [0.2, 0.25) is 0 Å². The zero-order valence-corrected chi connectivity index (χ0v) is 7.63. The lowest BCUT2D eigenvalue weighted by Gasteiger charge is -2.03. The topological polar surface area (TPSA) is 32.6 Å². The maximum absolute atomic E-state index is 9.43. The van der Waals surface area contributed by atoms with Crippen LogP contribution in [0.5, 0.6) is 5.75 Å². The van der Waals surface area contributed by atoms with Crippen molar-refractivity contribution in [3.63, 3.8) is 0 Å². The van der Waals surface area contributed by atoms with Gasteiger partial charge in [0.05, 0.1) is 5.69 Å². The zero-order chi connectivity index (χ0) is 9.14. The monoisotopic (exact) mass is 163 g/mol. The van der Waals surface area contributed by atoms with Crippen LogP contribution in [0.1, 0.15) is 18.1 Å². The first kappa shape index (κ1) is 8.78. The number of aliphatic imine (C=N–C) groups is 1. The van der Waals surface area contributed by atoms with Gasteiger partial charge in [-0.15, -0.1) is 0 Å². The summed E-state index contributed by atoms with van der Waals surface area (Å²) in [5.74, 6) is 0.315. The van der Waals surface area contributed by atoms with Gasteiger partial charge in [0.1, 0.15) is 5.75 Å². The molecule has 0 aliphatic heterocycles. The minimum atomic E-state index is 0.315. The van der Waals surface area contributed by atoms with E-state index in [0.29, 0.717) is 5.75 Å². The normalized spacial score (nSPS) is 10.9. The van der Waals surface area contributed by atoms with Crippen LogP contribution < -0.4 is 0 Å². The number of nitrogens with zero attached hydrogens (tertiary/aromatic N) is 1. The van der Waals surface area contributed by atoms with Crippen LogP contribution in [-0.2, 0) is 0 Å². The Morgan fingerprint density at radius 1 is 1.33 bits per heavy atom. The maximum Gasteiger partial charge on any atom is 0.120 e. The third-order valence-corrected chi connectivity index (χ3v) is 1.90. The van der Waals surface area contributed by atoms with E-state index in [0.717, 1.165) is 16.8 Å². The van der Waals surface area contributed by atoms with Crippen LogP contribution >= 0.6 is 0 Å². The molecule has 1 rings (SSSR count). The lowest BCUT2D eigenvalue weighted by Crippen LogP contribution is -1.80. The SMILES string of the molecule is C/C=N/c1cc(C)c(C)c(O)c1. The Kier molecular flexibility index (Phi) is 2.48. The fraction of sp³-hybridized carbons (Fsp3) is 0.300. The van der Waals surface area contributed by atoms with E-state index < -0.39 is 0 Å². The Hall–Kier alpha value is -1.31. The van der Waals surface area contributed by atoms with Gasteiger partial charge >= 0.3 is 0 Å². The second kappa shape index (κ2) is 3.39. The van der Waals surface area contributed by atoms with Gasteiger partial charge in [-0.25, -0.2) is 0 Å². The summed E-state index contributed by atoms with van der Waals surface area (Å²) in [6.45, 7) is 5.71. The summed E-state index contributed by atoms with van der Waals surface area (Å²) < 4.78 is 0. The van der Waals surface area contributed by atoms with E-state index in [1.807, 2.05) is 26.8 Å². The minimum absolute atomic E-state index is 0.315. The molecular weight excluding hydrogens is 150 g/mol. The van der Waals surface area contributed by atoms with E-state index in [4.69, 9.17) is 0 Å². The molecule has 2 nitrogen and oxygen atoms in total. The number of phenols is 1. The number of aromatic hydroxyl groups is 1. The third-order valence-electron chi connectivity index (χ3n) is 1.90. The minimum Gasteiger partial charge on any atom is -0.508 e. The average molecular weight is 163 g/mol. The van der Waals surface area contributed by atoms with E-state index in [1.165, 1.54) is 0 Å². The van der Waals surface area contributed by atoms with Crippen molar-refractivity contribution in [3.8, 4) is 5.75 Å². The lowest BCUT2D eigenvalue weighted by atomic mass is 10.1. The summed E-state index contributed by atoms with van der Waals surface area (Å²) in [7, 11) is 0. The lowest BCUT2D eigenvalue weighted by molar-refractivity contribution is 0.471. The van der Waals surface area contributed by atoms with Gasteiger partial charge < -0.3 is 5.11 Å². The molecule has 0 fully saturated rings. The van der Waals surface area contributed by atoms with Crippen molar-refractivity contribution in [1.29, 1.82) is 0 Å². The van der Waals surface area contributed by atoms with Gasteiger partial charge in [0.15, 0.2) is 0 Å². The average Bonchev–Trinajstić information content (AvgIpc) is 2.01. The fourth-order valence-electron chi connectivity index (χ4n) is 1.05. The molecule has 0 radical (unpaired) electrons. The number of hydrogen-bond acceptors (Lipinski definition) is 2. The highest BCUT2D eigenvalue weighted by Crippen LogP contribution is 2.26. The van der Waals surface area contributed by atoms with Crippen molar-refractivity contribution < 1.29 is 5.11 Å². The molecule has 64 valence electrons. The molecule has 0 amide bonds. The standard InChI is InChI=1S/C10H13NO/c1-4-11-9-5-7(2)8(3)10(12)6-9/h4-6,12H,1-3H3/b11-4+. The summed E-state index contributed by atoms with van der Waals surface area (Å²) >= 11 is 0. The summed E-state index contributed by atoms with van der Waals surface area (Å²) in [5, 5.41) is 9.43. The molecule has 0 heterocycles. The van der Waals surface area contributed by atoms with Gasteiger partial charge in [-0.1, -0.05) is 0 Å². The molecule has 1 aromatic rings. The van der Waals surface area contributed by atoms with Gasteiger partial charge in [-0.3, -0.25) is 4.99 Å². The predicted molar refractivity (Wildman–Crippen MR) is 51.4 cm³/mol. The van der Waals surface area contributed by atoms with Crippen molar-refractivity contribution in [3.05, 3.63) is 23.3 Å². The van der Waals surface area contributed by atoms with Gasteiger partial charge in [0.25, 0.3) is 0 Å². The van der Waals surface area contributed by atoms with Gasteiger partial charge in [-0.2, -0.15) is 0 Å². The molecule has 0 unspecified atom stereocenters. The molecule has 1 N–H and O–H groups in total. The Labute approximate surface area is 72.6 Å². The van der Waals surface area contributed by atoms with Crippen LogP contribution in [-0.4, -0.2) is 11.3 Å². The van der Waals surface area contributed by atoms with Gasteiger partial charge in [-0.05, 0) is 38.0 Å². The molecule has 0 saturated heterocycles. The highest BCUT2D eigenvalue weighted by Gasteiger charge is 2.00. The number of phenolic OH excluding ortho intramolecular Hbond substituents is 1. The summed E-state index contributed by atoms with van der Waals surface area (Å²) in [4.78, 5) is 4.08. The third kappa shape index (κ3) is 1.64. The largest absolute Gasteiger partial charge is 0.508 e. The van der Waals surface area contributed by atoms with Crippen molar-refractivity contribution in [2.75, 3.05) is 0 Å². The fourth-order valence-corrected chi connectivity index (χ4v) is 1.05. The molecule has 0 aliphatic carbocycles. The van der Waals surface area contributed by atoms with E-state index in [9.17, 15) is 5.11 Å². The molecule has 0 bridgehead atoms. The van der Waals surface area contributed by atoms with Crippen LogP contribution in [0.25, 0.3) is 0 Å². The van der Waals surface area contributed by atoms with Crippen LogP contribution in [0.4, 0.5) is 5.69 Å². The Bertz CT molecular complexity index is 293. The van der Waals surface area contributed by atoms with E-state index in [-0.39, 0.29) is 0 Å². The molecule has 1 aromatic carbocycles. The Balaban J connectivity index is 3.21. The summed E-state index contributed by atoms with van der Waals surface area (Å²) in [6, 6.07) is 3.62. The van der Waals surface area contributed by atoms with E-state index in [1.54, 1.807) is 12.3 Å². The second-order valence-corrected chi connectivity index (χ2v) is 2.79. The maximum atomic E-state index is 9.43. The predicted octanol–water partition coefficient (Wildman–Crippen LogP) is 2.73. The first-order valence-corrected chi connectivity index (χ1v) is 3.94. The molecule has 0 saturated carbocycles. The smallest absolute Gasteiger partial charge is 0.120 e. The first-order chi connectivity index (χ1) is 5.65. The van der Waals surface area contributed by atoms with Crippen molar-refractivity contribution in [1.82, 2.24) is 0 Å². The quantitative estimate of drug-likeness (QED) is 0.634. The van der Waals surface area contributed by atoms with Crippen molar-refractivity contribution in [2.24, 2.45) is 4.99 Å². The molecule has 12 heavy (non-hydrogen) atoms.